The van der Waals surface area contributed by atoms with Crippen molar-refractivity contribution in [2.45, 2.75) is 39.4 Å². The zero-order valence-corrected chi connectivity index (χ0v) is 19.8. The summed E-state index contributed by atoms with van der Waals surface area (Å²) in [6.45, 7) is 5.14. The third-order valence-corrected chi connectivity index (χ3v) is 4.69. The Morgan fingerprint density at radius 1 is 1.10 bits per heavy atom. The van der Waals surface area contributed by atoms with Crippen LogP contribution in [0.1, 0.15) is 42.0 Å². The summed E-state index contributed by atoms with van der Waals surface area (Å²) in [6.07, 6.45) is 2.84. The molecule has 0 aliphatic rings. The second-order valence-electron chi connectivity index (χ2n) is 6.80. The number of nitrogens with zero attached hydrogens (tertiary/aromatic N) is 4. The van der Waals surface area contributed by atoms with Crippen molar-refractivity contribution in [1.29, 1.82) is 0 Å². The van der Waals surface area contributed by atoms with E-state index < -0.39 is 0 Å². The smallest absolute Gasteiger partial charge is 0.251 e. The first kappa shape index (κ1) is 23.6. The zero-order chi connectivity index (χ0) is 20.6. The van der Waals surface area contributed by atoms with Crippen molar-refractivity contribution in [2.75, 3.05) is 7.05 Å². The van der Waals surface area contributed by atoms with Gasteiger partial charge in [-0.2, -0.15) is 0 Å². The lowest BCUT2D eigenvalue weighted by molar-refractivity contribution is 0.0939. The number of nitrogens with one attached hydrogen (secondary N) is 3. The predicted octanol–water partition coefficient (Wildman–Crippen LogP) is 2.74. The lowest BCUT2D eigenvalue weighted by atomic mass is 10.1. The molecule has 2 heterocycles. The number of halogens is 1. The second kappa shape index (κ2) is 11.5. The average molecular weight is 521 g/mol. The van der Waals surface area contributed by atoms with E-state index in [9.17, 15) is 4.79 Å². The quantitative estimate of drug-likeness (QED) is 0.253. The molecule has 0 fully saturated rings. The number of aliphatic imine (C=N–C) groups is 1. The molecule has 0 radical (unpaired) electrons. The minimum Gasteiger partial charge on any atom is -0.352 e. The Morgan fingerprint density at radius 2 is 1.83 bits per heavy atom. The molecule has 8 nitrogen and oxygen atoms in total. The summed E-state index contributed by atoms with van der Waals surface area (Å²) in [5, 5.41) is 17.8. The molecular weight excluding hydrogens is 493 g/mol. The lowest BCUT2D eigenvalue weighted by Gasteiger charge is -2.13. The number of hydrogen-bond acceptors (Lipinski definition) is 4. The van der Waals surface area contributed by atoms with Gasteiger partial charge in [-0.25, -0.2) is 0 Å². The maximum absolute atomic E-state index is 12.2. The molecule has 2 aromatic heterocycles. The number of fused-ring (bicyclic) bond motifs is 1. The van der Waals surface area contributed by atoms with E-state index in [1.807, 2.05) is 66.9 Å². The minimum atomic E-state index is -0.0446. The first-order valence-corrected chi connectivity index (χ1v) is 9.73. The van der Waals surface area contributed by atoms with Gasteiger partial charge in [-0.3, -0.25) is 14.2 Å². The highest BCUT2D eigenvalue weighted by Crippen LogP contribution is 2.06. The standard InChI is InChI=1S/C21H27N7O.HI/c1-4-15(2)25-20(29)17-10-8-16(9-11-17)13-23-21(22-3)24-14-19-27-26-18-7-5-6-12-28(18)19;/h5-12,15H,4,13-14H2,1-3H3,(H,25,29)(H2,22,23,24);1H. The number of guanidine groups is 1. The minimum absolute atomic E-state index is 0. The van der Waals surface area contributed by atoms with Crippen molar-refractivity contribution in [3.63, 3.8) is 0 Å². The molecule has 0 aliphatic heterocycles. The third kappa shape index (κ3) is 6.15. The average Bonchev–Trinajstić information content (AvgIpc) is 3.17. The van der Waals surface area contributed by atoms with Gasteiger partial charge in [0, 0.05) is 31.4 Å². The van der Waals surface area contributed by atoms with E-state index in [-0.39, 0.29) is 35.9 Å². The molecule has 3 N–H and O–H groups in total. The van der Waals surface area contributed by atoms with Gasteiger partial charge in [-0.1, -0.05) is 25.1 Å². The van der Waals surface area contributed by atoms with Crippen LogP contribution in [0.25, 0.3) is 5.65 Å². The number of carbonyl (C=O) groups is 1. The molecule has 160 valence electrons. The Morgan fingerprint density at radius 3 is 2.53 bits per heavy atom. The highest BCUT2D eigenvalue weighted by molar-refractivity contribution is 14.0. The molecule has 9 heteroatoms. The Balaban J connectivity index is 0.00000320. The molecule has 0 aliphatic carbocycles. The summed E-state index contributed by atoms with van der Waals surface area (Å²) in [7, 11) is 1.72. The van der Waals surface area contributed by atoms with E-state index in [4.69, 9.17) is 0 Å². The highest BCUT2D eigenvalue weighted by atomic mass is 127. The number of rotatable bonds is 7. The van der Waals surface area contributed by atoms with Gasteiger partial charge < -0.3 is 16.0 Å². The molecule has 1 unspecified atom stereocenters. The van der Waals surface area contributed by atoms with Crippen LogP contribution in [0.4, 0.5) is 0 Å². The summed E-state index contributed by atoms with van der Waals surface area (Å²) in [6, 6.07) is 13.5. The Hall–Kier alpha value is -2.69. The fraction of sp³-hybridized carbons (Fsp3) is 0.333. The topological polar surface area (TPSA) is 95.7 Å². The monoisotopic (exact) mass is 521 g/mol. The third-order valence-electron chi connectivity index (χ3n) is 4.69. The predicted molar refractivity (Wildman–Crippen MR) is 129 cm³/mol. The molecule has 0 saturated heterocycles. The van der Waals surface area contributed by atoms with Crippen LogP contribution in [0.2, 0.25) is 0 Å². The van der Waals surface area contributed by atoms with Crippen molar-refractivity contribution in [2.24, 2.45) is 4.99 Å². The Labute approximate surface area is 193 Å². The summed E-state index contributed by atoms with van der Waals surface area (Å²) >= 11 is 0. The van der Waals surface area contributed by atoms with Crippen LogP contribution >= 0.6 is 24.0 Å². The summed E-state index contributed by atoms with van der Waals surface area (Å²) < 4.78 is 1.93. The van der Waals surface area contributed by atoms with Gasteiger partial charge in [0.25, 0.3) is 5.91 Å². The summed E-state index contributed by atoms with van der Waals surface area (Å²) in [4.78, 5) is 16.4. The van der Waals surface area contributed by atoms with Gasteiger partial charge in [0.2, 0.25) is 0 Å². The van der Waals surface area contributed by atoms with Crippen LogP contribution in [0.5, 0.6) is 0 Å². The summed E-state index contributed by atoms with van der Waals surface area (Å²) in [5.41, 5.74) is 2.53. The number of amides is 1. The fourth-order valence-electron chi connectivity index (χ4n) is 2.76. The van der Waals surface area contributed by atoms with Gasteiger partial charge in [0.1, 0.15) is 0 Å². The van der Waals surface area contributed by atoms with Crippen molar-refractivity contribution < 1.29 is 4.79 Å². The van der Waals surface area contributed by atoms with Gasteiger partial charge in [-0.15, -0.1) is 34.2 Å². The molecule has 1 aromatic carbocycles. The van der Waals surface area contributed by atoms with Crippen LogP contribution in [0.3, 0.4) is 0 Å². The van der Waals surface area contributed by atoms with Crippen LogP contribution in [0, 0.1) is 0 Å². The van der Waals surface area contributed by atoms with Gasteiger partial charge in [-0.05, 0) is 43.2 Å². The van der Waals surface area contributed by atoms with Crippen molar-refractivity contribution >= 4 is 41.5 Å². The SMILES string of the molecule is CCC(C)NC(=O)c1ccc(CNC(=NC)NCc2nnc3ccccn23)cc1.I. The molecule has 0 spiro atoms. The molecule has 0 saturated carbocycles. The Bertz CT molecular complexity index is 984. The molecule has 0 bridgehead atoms. The number of carbonyl (C=O) groups excluding carboxylic acids is 1. The van der Waals surface area contributed by atoms with E-state index in [0.29, 0.717) is 24.6 Å². The zero-order valence-electron chi connectivity index (χ0n) is 17.4. The second-order valence-corrected chi connectivity index (χ2v) is 6.80. The molecule has 3 aromatic rings. The van der Waals surface area contributed by atoms with Crippen LogP contribution in [0.15, 0.2) is 53.7 Å². The molecular formula is C21H28IN7O. The molecule has 1 amide bonds. The van der Waals surface area contributed by atoms with E-state index in [2.05, 4.69) is 31.1 Å². The van der Waals surface area contributed by atoms with Crippen LogP contribution < -0.4 is 16.0 Å². The van der Waals surface area contributed by atoms with Crippen LogP contribution in [-0.4, -0.2) is 39.6 Å². The van der Waals surface area contributed by atoms with Gasteiger partial charge >= 0.3 is 0 Å². The molecule has 30 heavy (non-hydrogen) atoms. The summed E-state index contributed by atoms with van der Waals surface area (Å²) in [5.74, 6) is 1.42. The van der Waals surface area contributed by atoms with Gasteiger partial charge in [0.15, 0.2) is 17.4 Å². The molecule has 3 rings (SSSR count). The normalized spacial score (nSPS) is 12.2. The maximum atomic E-state index is 12.2. The van der Waals surface area contributed by atoms with E-state index in [0.717, 1.165) is 23.5 Å². The van der Waals surface area contributed by atoms with Crippen molar-refractivity contribution in [1.82, 2.24) is 30.5 Å². The Kier molecular flexibility index (Phi) is 9.03. The fourth-order valence-corrected chi connectivity index (χ4v) is 2.76. The number of benzene rings is 1. The number of aromatic nitrogens is 3. The lowest BCUT2D eigenvalue weighted by Crippen LogP contribution is -2.36. The van der Waals surface area contributed by atoms with Crippen LogP contribution in [-0.2, 0) is 13.1 Å². The van der Waals surface area contributed by atoms with E-state index >= 15 is 0 Å². The van der Waals surface area contributed by atoms with Crippen molar-refractivity contribution in [3.8, 4) is 0 Å². The van der Waals surface area contributed by atoms with Crippen molar-refractivity contribution in [3.05, 3.63) is 65.6 Å². The molecule has 1 atom stereocenters. The van der Waals surface area contributed by atoms with E-state index in [1.165, 1.54) is 0 Å². The maximum Gasteiger partial charge on any atom is 0.251 e. The first-order valence-electron chi connectivity index (χ1n) is 9.73. The number of hydrogen-bond donors (Lipinski definition) is 3. The van der Waals surface area contributed by atoms with E-state index in [1.54, 1.807) is 7.05 Å². The van der Waals surface area contributed by atoms with Gasteiger partial charge in [0.05, 0.1) is 6.54 Å². The largest absolute Gasteiger partial charge is 0.352 e. The first-order chi connectivity index (χ1) is 14.1. The highest BCUT2D eigenvalue weighted by Gasteiger charge is 2.09. The number of pyridine rings is 1.